The van der Waals surface area contributed by atoms with Crippen molar-refractivity contribution < 1.29 is 14.3 Å². The molecule has 0 atom stereocenters. The number of nitrogens with zero attached hydrogens (tertiary/aromatic N) is 7. The Morgan fingerprint density at radius 2 is 1.67 bits per heavy atom. The highest BCUT2D eigenvalue weighted by molar-refractivity contribution is 5.94. The van der Waals surface area contributed by atoms with Gasteiger partial charge in [-0.1, -0.05) is 12.1 Å². The molecule has 2 saturated heterocycles. The second-order valence-electron chi connectivity index (χ2n) is 12.5. The van der Waals surface area contributed by atoms with Gasteiger partial charge in [0.15, 0.2) is 11.6 Å². The Morgan fingerprint density at radius 3 is 2.31 bits per heavy atom. The number of rotatable bonds is 5. The van der Waals surface area contributed by atoms with Crippen molar-refractivity contribution in [2.24, 2.45) is 0 Å². The third-order valence-corrected chi connectivity index (χ3v) is 7.82. The number of nitrogens with one attached hydrogen (secondary N) is 1. The average Bonchev–Trinajstić information content (AvgIpc) is 3.43. The van der Waals surface area contributed by atoms with Gasteiger partial charge in [-0.25, -0.2) is 19.4 Å². The van der Waals surface area contributed by atoms with Gasteiger partial charge in [-0.3, -0.25) is 4.79 Å². The van der Waals surface area contributed by atoms with Crippen LogP contribution >= 0.6 is 0 Å². The number of carbonyl (C=O) groups is 2. The number of anilines is 2. The van der Waals surface area contributed by atoms with E-state index >= 15 is 0 Å². The zero-order valence-electron chi connectivity index (χ0n) is 25.1. The summed E-state index contributed by atoms with van der Waals surface area (Å²) in [6, 6.07) is 8.29. The minimum atomic E-state index is -0.570. The van der Waals surface area contributed by atoms with Crippen molar-refractivity contribution in [3.05, 3.63) is 48.4 Å². The van der Waals surface area contributed by atoms with Crippen molar-refractivity contribution in [2.75, 3.05) is 56.9 Å². The normalized spacial score (nSPS) is 17.6. The largest absolute Gasteiger partial charge is 0.444 e. The van der Waals surface area contributed by atoms with E-state index in [0.717, 1.165) is 31.7 Å². The fraction of sp³-hybridized carbons (Fsp3) is 0.500. The number of ether oxygens (including phenoxy) is 1. The highest BCUT2D eigenvalue weighted by Gasteiger charge is 2.35. The van der Waals surface area contributed by atoms with Crippen LogP contribution in [0.2, 0.25) is 0 Å². The van der Waals surface area contributed by atoms with Crippen molar-refractivity contribution in [1.29, 1.82) is 0 Å². The highest BCUT2D eigenvalue weighted by Crippen LogP contribution is 2.26. The van der Waals surface area contributed by atoms with Gasteiger partial charge in [0, 0.05) is 62.3 Å². The first-order valence-electron chi connectivity index (χ1n) is 14.4. The molecule has 5 rings (SSSR count). The fourth-order valence-electron chi connectivity index (χ4n) is 5.21. The van der Waals surface area contributed by atoms with E-state index in [1.54, 1.807) is 17.3 Å². The predicted molar refractivity (Wildman–Crippen MR) is 162 cm³/mol. The summed E-state index contributed by atoms with van der Waals surface area (Å²) in [4.78, 5) is 41.2. The van der Waals surface area contributed by atoms with Gasteiger partial charge in [0.1, 0.15) is 5.60 Å². The van der Waals surface area contributed by atoms with Crippen LogP contribution in [0.25, 0.3) is 17.1 Å². The lowest BCUT2D eigenvalue weighted by molar-refractivity contribution is 0.0396. The van der Waals surface area contributed by atoms with Gasteiger partial charge in [0.2, 0.25) is 0 Å². The number of hydrogen-bond acceptors (Lipinski definition) is 9. The Hall–Kier alpha value is -4.19. The maximum atomic E-state index is 13.3. The number of likely N-dealkylation sites (tertiary alicyclic amines) is 1. The van der Waals surface area contributed by atoms with E-state index in [1.165, 1.54) is 16.6 Å². The first-order chi connectivity index (χ1) is 19.9. The fourth-order valence-corrected chi connectivity index (χ4v) is 5.21. The Labute approximate surface area is 246 Å². The van der Waals surface area contributed by atoms with Crippen molar-refractivity contribution in [3.63, 3.8) is 0 Å². The van der Waals surface area contributed by atoms with Crippen molar-refractivity contribution in [2.45, 2.75) is 51.7 Å². The van der Waals surface area contributed by atoms with Gasteiger partial charge < -0.3 is 30.5 Å². The monoisotopic (exact) mass is 575 g/mol. The van der Waals surface area contributed by atoms with E-state index in [1.807, 2.05) is 39.8 Å². The van der Waals surface area contributed by atoms with Crippen LogP contribution < -0.4 is 16.0 Å². The predicted octanol–water partition coefficient (Wildman–Crippen LogP) is 3.18. The Bertz CT molecular complexity index is 1410. The van der Waals surface area contributed by atoms with E-state index < -0.39 is 17.2 Å². The van der Waals surface area contributed by atoms with Crippen LogP contribution in [-0.2, 0) is 4.74 Å². The third-order valence-electron chi connectivity index (χ3n) is 7.82. The summed E-state index contributed by atoms with van der Waals surface area (Å²) in [6.07, 6.45) is 5.58. The smallest absolute Gasteiger partial charge is 0.408 e. The summed E-state index contributed by atoms with van der Waals surface area (Å²) >= 11 is 0. The number of piperazine rings is 1. The van der Waals surface area contributed by atoms with Gasteiger partial charge in [-0.05, 0) is 59.7 Å². The van der Waals surface area contributed by atoms with Crippen LogP contribution in [-0.4, -0.2) is 99.0 Å². The SMILES string of the molecule is CN1CCN(c2ccc(-c3cnc(N)c(-n4cc(C(=O)N5CCC(C)(NC(=O)OC(C)(C)C)CC5)cn4)n3)cc2)CC1. The van der Waals surface area contributed by atoms with Gasteiger partial charge >= 0.3 is 6.09 Å². The zero-order chi connectivity index (χ0) is 30.1. The maximum Gasteiger partial charge on any atom is 0.408 e. The molecule has 3 aromatic rings. The Balaban J connectivity index is 1.24. The molecule has 2 amide bonds. The van der Waals surface area contributed by atoms with E-state index in [4.69, 9.17) is 15.5 Å². The van der Waals surface area contributed by atoms with Crippen molar-refractivity contribution in [1.82, 2.24) is 34.9 Å². The molecular formula is C30H41N9O3. The Morgan fingerprint density at radius 1 is 1.00 bits per heavy atom. The van der Waals surface area contributed by atoms with Gasteiger partial charge in [0.25, 0.3) is 5.91 Å². The standard InChI is InChI=1S/C30H41N9O3/c1-29(2,3)42-28(41)35-30(4)10-12-38(13-11-30)27(40)22-18-33-39(20-22)26-25(31)32-19-24(34-26)21-6-8-23(9-7-21)37-16-14-36(5)15-17-37/h6-9,18-20H,10-17H2,1-5H3,(H2,31,32)(H,35,41). The van der Waals surface area contributed by atoms with Crippen LogP contribution in [0.15, 0.2) is 42.9 Å². The van der Waals surface area contributed by atoms with Crippen LogP contribution in [0.4, 0.5) is 16.3 Å². The molecule has 12 heteroatoms. The number of aromatic nitrogens is 4. The van der Waals surface area contributed by atoms with E-state index in [0.29, 0.717) is 43.0 Å². The topological polar surface area (TPSA) is 135 Å². The number of nitrogens with two attached hydrogens (primary N) is 1. The van der Waals surface area contributed by atoms with Gasteiger partial charge in [-0.2, -0.15) is 5.10 Å². The number of carbonyl (C=O) groups excluding carboxylic acids is 2. The molecule has 2 aliphatic heterocycles. The van der Waals surface area contributed by atoms with Crippen LogP contribution in [0.3, 0.4) is 0 Å². The second-order valence-corrected chi connectivity index (χ2v) is 12.5. The Kier molecular flexibility index (Phi) is 8.09. The van der Waals surface area contributed by atoms with Gasteiger partial charge in [-0.15, -0.1) is 0 Å². The van der Waals surface area contributed by atoms with E-state index in [9.17, 15) is 9.59 Å². The zero-order valence-corrected chi connectivity index (χ0v) is 25.1. The second kappa shape index (κ2) is 11.6. The van der Waals surface area contributed by atoms with E-state index in [-0.39, 0.29) is 11.7 Å². The first kappa shape index (κ1) is 29.3. The molecule has 12 nitrogen and oxygen atoms in total. The third kappa shape index (κ3) is 6.81. The lowest BCUT2D eigenvalue weighted by Gasteiger charge is -2.40. The minimum absolute atomic E-state index is 0.136. The van der Waals surface area contributed by atoms with Crippen molar-refractivity contribution >= 4 is 23.5 Å². The molecule has 2 aromatic heterocycles. The summed E-state index contributed by atoms with van der Waals surface area (Å²) in [5.41, 5.74) is 8.37. The molecular weight excluding hydrogens is 534 g/mol. The molecule has 0 saturated carbocycles. The number of alkyl carbamates (subject to hydrolysis) is 1. The number of nitrogen functional groups attached to an aromatic ring is 1. The summed E-state index contributed by atoms with van der Waals surface area (Å²) in [5, 5.41) is 7.36. The van der Waals surface area contributed by atoms with Crippen LogP contribution in [0, 0.1) is 0 Å². The lowest BCUT2D eigenvalue weighted by Crippen LogP contribution is -2.55. The van der Waals surface area contributed by atoms with Crippen LogP contribution in [0.5, 0.6) is 0 Å². The molecule has 224 valence electrons. The number of amides is 2. The van der Waals surface area contributed by atoms with Gasteiger partial charge in [0.05, 0.1) is 23.7 Å². The molecule has 0 unspecified atom stereocenters. The molecule has 0 aliphatic carbocycles. The molecule has 0 spiro atoms. The summed E-state index contributed by atoms with van der Waals surface area (Å²) < 4.78 is 6.90. The maximum absolute atomic E-state index is 13.3. The lowest BCUT2D eigenvalue weighted by atomic mass is 9.89. The average molecular weight is 576 g/mol. The number of piperidine rings is 1. The molecule has 3 N–H and O–H groups in total. The number of benzene rings is 1. The number of likely N-dealkylation sites (N-methyl/N-ethyl adjacent to an activating group) is 1. The first-order valence-corrected chi connectivity index (χ1v) is 14.4. The summed E-state index contributed by atoms with van der Waals surface area (Å²) in [7, 11) is 2.15. The molecule has 1 aromatic carbocycles. The molecule has 4 heterocycles. The molecule has 0 radical (unpaired) electrons. The summed E-state index contributed by atoms with van der Waals surface area (Å²) in [5.74, 6) is 0.446. The van der Waals surface area contributed by atoms with Crippen LogP contribution in [0.1, 0.15) is 50.9 Å². The molecule has 2 aliphatic rings. The molecule has 2 fully saturated rings. The minimum Gasteiger partial charge on any atom is -0.444 e. The molecule has 42 heavy (non-hydrogen) atoms. The summed E-state index contributed by atoms with van der Waals surface area (Å²) in [6.45, 7) is 12.6. The highest BCUT2D eigenvalue weighted by atomic mass is 16.6. The van der Waals surface area contributed by atoms with Crippen molar-refractivity contribution in [3.8, 4) is 17.1 Å². The number of hydrogen-bond donors (Lipinski definition) is 2. The molecule has 0 bridgehead atoms. The van der Waals surface area contributed by atoms with E-state index in [2.05, 4.69) is 44.4 Å². The quantitative estimate of drug-likeness (QED) is 0.470.